The highest BCUT2D eigenvalue weighted by Gasteiger charge is 2.26. The number of ether oxygens (including phenoxy) is 1. The average molecular weight is 314 g/mol. The number of hydrogen-bond donors (Lipinski definition) is 2. The van der Waals surface area contributed by atoms with Gasteiger partial charge in [-0.15, -0.1) is 0 Å². The summed E-state index contributed by atoms with van der Waals surface area (Å²) in [5.41, 5.74) is 0.211. The van der Waals surface area contributed by atoms with Gasteiger partial charge in [-0.25, -0.2) is 13.2 Å². The number of morpholine rings is 1. The largest absolute Gasteiger partial charge is 0.474 e. The standard InChI is InChI=1S/C12H14N2O6S/c15-11(12(16)17)13-9-1-3-10(4-2-9)21(18,19)14-5-7-20-8-6-14/h1-4H,5-8H2,(H,13,15)(H,16,17). The summed E-state index contributed by atoms with van der Waals surface area (Å²) in [6, 6.07) is 5.33. The predicted octanol–water partition coefficient (Wildman–Crippen LogP) is -0.269. The summed E-state index contributed by atoms with van der Waals surface area (Å²) in [5.74, 6) is -2.79. The first kappa shape index (κ1) is 15.4. The van der Waals surface area contributed by atoms with E-state index in [0.29, 0.717) is 26.3 Å². The van der Waals surface area contributed by atoms with Gasteiger partial charge in [-0.05, 0) is 24.3 Å². The third kappa shape index (κ3) is 3.57. The Hall–Kier alpha value is -1.97. The summed E-state index contributed by atoms with van der Waals surface area (Å²) < 4.78 is 31.1. The predicted molar refractivity (Wildman–Crippen MR) is 72.3 cm³/mol. The zero-order chi connectivity index (χ0) is 15.5. The molecule has 1 heterocycles. The molecule has 9 heteroatoms. The Labute approximate surface area is 121 Å². The number of nitrogens with zero attached hydrogens (tertiary/aromatic N) is 1. The van der Waals surface area contributed by atoms with Crippen molar-refractivity contribution in [2.45, 2.75) is 4.90 Å². The van der Waals surface area contributed by atoms with Crippen LogP contribution in [0.2, 0.25) is 0 Å². The van der Waals surface area contributed by atoms with Crippen LogP contribution in [0.25, 0.3) is 0 Å². The van der Waals surface area contributed by atoms with Crippen molar-refractivity contribution >= 4 is 27.6 Å². The molecule has 0 spiro atoms. The van der Waals surface area contributed by atoms with E-state index >= 15 is 0 Å². The first-order valence-electron chi connectivity index (χ1n) is 6.13. The van der Waals surface area contributed by atoms with Crippen LogP contribution in [0.15, 0.2) is 29.2 Å². The lowest BCUT2D eigenvalue weighted by atomic mass is 10.3. The molecule has 0 aromatic heterocycles. The highest BCUT2D eigenvalue weighted by atomic mass is 32.2. The first-order chi connectivity index (χ1) is 9.91. The lowest BCUT2D eigenvalue weighted by Gasteiger charge is -2.26. The molecule has 0 bridgehead atoms. The number of benzene rings is 1. The Bertz CT molecular complexity index is 634. The molecule has 0 unspecified atom stereocenters. The number of anilines is 1. The number of rotatable bonds is 3. The maximum Gasteiger partial charge on any atom is 0.394 e. The minimum absolute atomic E-state index is 0.0812. The number of amides is 1. The third-order valence-corrected chi connectivity index (χ3v) is 4.83. The van der Waals surface area contributed by atoms with Gasteiger partial charge in [0, 0.05) is 18.8 Å². The van der Waals surface area contributed by atoms with Gasteiger partial charge in [0.25, 0.3) is 0 Å². The van der Waals surface area contributed by atoms with Crippen molar-refractivity contribution in [3.63, 3.8) is 0 Å². The van der Waals surface area contributed by atoms with Crippen LogP contribution in [0.1, 0.15) is 0 Å². The van der Waals surface area contributed by atoms with Crippen LogP contribution in [-0.2, 0) is 24.3 Å². The summed E-state index contributed by atoms with van der Waals surface area (Å²) in [5, 5.41) is 10.6. The Morgan fingerprint density at radius 1 is 1.14 bits per heavy atom. The number of carbonyl (C=O) groups excluding carboxylic acids is 1. The van der Waals surface area contributed by atoms with Gasteiger partial charge in [-0.3, -0.25) is 4.79 Å². The van der Waals surface area contributed by atoms with Crippen LogP contribution in [0.5, 0.6) is 0 Å². The number of carboxylic acids is 1. The molecule has 0 aliphatic carbocycles. The first-order valence-corrected chi connectivity index (χ1v) is 7.57. The minimum atomic E-state index is -3.60. The highest BCUT2D eigenvalue weighted by Crippen LogP contribution is 2.19. The van der Waals surface area contributed by atoms with Crippen molar-refractivity contribution in [3.05, 3.63) is 24.3 Å². The molecular weight excluding hydrogens is 300 g/mol. The molecule has 0 atom stereocenters. The van der Waals surface area contributed by atoms with Crippen LogP contribution >= 0.6 is 0 Å². The molecule has 21 heavy (non-hydrogen) atoms. The van der Waals surface area contributed by atoms with E-state index in [1.807, 2.05) is 0 Å². The number of sulfonamides is 1. The van der Waals surface area contributed by atoms with E-state index in [4.69, 9.17) is 9.84 Å². The molecule has 8 nitrogen and oxygen atoms in total. The zero-order valence-electron chi connectivity index (χ0n) is 11.0. The van der Waals surface area contributed by atoms with Gasteiger partial charge in [0.15, 0.2) is 0 Å². The van der Waals surface area contributed by atoms with E-state index in [2.05, 4.69) is 5.32 Å². The van der Waals surface area contributed by atoms with Gasteiger partial charge in [-0.1, -0.05) is 0 Å². The van der Waals surface area contributed by atoms with Crippen LogP contribution < -0.4 is 5.32 Å². The second-order valence-corrected chi connectivity index (χ2v) is 6.24. The summed E-state index contributed by atoms with van der Waals surface area (Å²) in [4.78, 5) is 21.5. The molecule has 2 N–H and O–H groups in total. The van der Waals surface area contributed by atoms with Crippen molar-refractivity contribution in [1.29, 1.82) is 0 Å². The number of nitrogens with one attached hydrogen (secondary N) is 1. The Kier molecular flexibility index (Phi) is 4.56. The Balaban J connectivity index is 2.14. The minimum Gasteiger partial charge on any atom is -0.474 e. The fourth-order valence-electron chi connectivity index (χ4n) is 1.83. The van der Waals surface area contributed by atoms with Gasteiger partial charge in [0.05, 0.1) is 18.1 Å². The molecule has 1 amide bonds. The zero-order valence-corrected chi connectivity index (χ0v) is 11.8. The van der Waals surface area contributed by atoms with Gasteiger partial charge >= 0.3 is 11.9 Å². The quantitative estimate of drug-likeness (QED) is 0.743. The Morgan fingerprint density at radius 2 is 1.71 bits per heavy atom. The average Bonchev–Trinajstić information content (AvgIpc) is 2.48. The number of carbonyl (C=O) groups is 2. The summed E-state index contributed by atoms with van der Waals surface area (Å²) in [6.45, 7) is 1.29. The molecule has 2 rings (SSSR count). The Morgan fingerprint density at radius 3 is 2.24 bits per heavy atom. The fourth-order valence-corrected chi connectivity index (χ4v) is 3.24. The second kappa shape index (κ2) is 6.20. The SMILES string of the molecule is O=C(O)C(=O)Nc1ccc(S(=O)(=O)N2CCOCC2)cc1. The van der Waals surface area contributed by atoms with Gasteiger partial charge < -0.3 is 15.2 Å². The van der Waals surface area contributed by atoms with Crippen molar-refractivity contribution in [3.8, 4) is 0 Å². The molecule has 1 aliphatic heterocycles. The normalized spacial score (nSPS) is 16.4. The molecular formula is C12H14N2O6S. The van der Waals surface area contributed by atoms with Gasteiger partial charge in [0.2, 0.25) is 10.0 Å². The number of aliphatic carboxylic acids is 1. The highest BCUT2D eigenvalue weighted by molar-refractivity contribution is 7.89. The van der Waals surface area contributed by atoms with E-state index in [0.717, 1.165) is 0 Å². The molecule has 114 valence electrons. The lowest BCUT2D eigenvalue weighted by Crippen LogP contribution is -2.40. The van der Waals surface area contributed by atoms with E-state index < -0.39 is 21.9 Å². The van der Waals surface area contributed by atoms with Crippen LogP contribution in [-0.4, -0.2) is 56.0 Å². The van der Waals surface area contributed by atoms with Gasteiger partial charge in [0.1, 0.15) is 0 Å². The van der Waals surface area contributed by atoms with E-state index in [9.17, 15) is 18.0 Å². The third-order valence-electron chi connectivity index (χ3n) is 2.91. The maximum atomic E-state index is 12.3. The summed E-state index contributed by atoms with van der Waals surface area (Å²) in [7, 11) is -3.60. The topological polar surface area (TPSA) is 113 Å². The van der Waals surface area contributed by atoms with E-state index in [1.54, 1.807) is 0 Å². The van der Waals surface area contributed by atoms with Gasteiger partial charge in [-0.2, -0.15) is 4.31 Å². The smallest absolute Gasteiger partial charge is 0.394 e. The summed E-state index contributed by atoms with van der Waals surface area (Å²) >= 11 is 0. The van der Waals surface area contributed by atoms with E-state index in [1.165, 1.54) is 28.6 Å². The second-order valence-electron chi connectivity index (χ2n) is 4.30. The number of carboxylic acid groups (broad SMARTS) is 1. The molecule has 1 aromatic carbocycles. The molecule has 1 saturated heterocycles. The molecule has 0 saturated carbocycles. The monoisotopic (exact) mass is 314 g/mol. The van der Waals surface area contributed by atoms with E-state index in [-0.39, 0.29) is 10.6 Å². The molecule has 1 aromatic rings. The maximum absolute atomic E-state index is 12.3. The van der Waals surface area contributed by atoms with Crippen molar-refractivity contribution in [2.24, 2.45) is 0 Å². The molecule has 1 aliphatic rings. The summed E-state index contributed by atoms with van der Waals surface area (Å²) in [6.07, 6.45) is 0. The van der Waals surface area contributed by atoms with Crippen LogP contribution in [0.4, 0.5) is 5.69 Å². The molecule has 0 radical (unpaired) electrons. The number of hydrogen-bond acceptors (Lipinski definition) is 5. The van der Waals surface area contributed by atoms with Crippen LogP contribution in [0.3, 0.4) is 0 Å². The van der Waals surface area contributed by atoms with Crippen molar-refractivity contribution in [1.82, 2.24) is 4.31 Å². The van der Waals surface area contributed by atoms with Crippen molar-refractivity contribution < 1.29 is 27.9 Å². The lowest BCUT2D eigenvalue weighted by molar-refractivity contribution is -0.147. The molecule has 1 fully saturated rings. The van der Waals surface area contributed by atoms with Crippen LogP contribution in [0, 0.1) is 0 Å². The van der Waals surface area contributed by atoms with Crippen molar-refractivity contribution in [2.75, 3.05) is 31.6 Å². The fraction of sp³-hybridized carbons (Fsp3) is 0.333.